The lowest BCUT2D eigenvalue weighted by Gasteiger charge is -2.07. The first-order valence-corrected chi connectivity index (χ1v) is 6.65. The van der Waals surface area contributed by atoms with Crippen molar-refractivity contribution in [3.63, 3.8) is 0 Å². The molecule has 0 fully saturated rings. The van der Waals surface area contributed by atoms with E-state index in [2.05, 4.69) is 21.2 Å². The van der Waals surface area contributed by atoms with Crippen LogP contribution < -0.4 is 10.1 Å². The van der Waals surface area contributed by atoms with Gasteiger partial charge in [-0.05, 0) is 13.8 Å². The number of aromatic nitrogens is 2. The van der Waals surface area contributed by atoms with Crippen LogP contribution in [0.15, 0.2) is 6.07 Å². The van der Waals surface area contributed by atoms with Crippen LogP contribution >= 0.6 is 11.8 Å². The number of hydrogen-bond acceptors (Lipinski definition) is 5. The SMILES string of the molecule is C#CCSCCNc1nc(C)cc(OCC)n1. The molecule has 92 valence electrons. The summed E-state index contributed by atoms with van der Waals surface area (Å²) < 4.78 is 5.35. The van der Waals surface area contributed by atoms with Gasteiger partial charge in [0, 0.05) is 24.1 Å². The van der Waals surface area contributed by atoms with Crippen molar-refractivity contribution >= 4 is 17.7 Å². The van der Waals surface area contributed by atoms with Crippen LogP contribution in [0.1, 0.15) is 12.6 Å². The molecule has 5 heteroatoms. The van der Waals surface area contributed by atoms with Gasteiger partial charge in [-0.1, -0.05) is 5.92 Å². The van der Waals surface area contributed by atoms with Crippen LogP contribution in [-0.4, -0.2) is 34.6 Å². The van der Waals surface area contributed by atoms with Gasteiger partial charge >= 0.3 is 0 Å². The summed E-state index contributed by atoms with van der Waals surface area (Å²) in [6.45, 7) is 5.25. The first-order valence-electron chi connectivity index (χ1n) is 5.49. The van der Waals surface area contributed by atoms with Crippen LogP contribution in [0.3, 0.4) is 0 Å². The molecule has 0 aromatic carbocycles. The van der Waals surface area contributed by atoms with E-state index in [0.29, 0.717) is 18.4 Å². The molecule has 17 heavy (non-hydrogen) atoms. The zero-order chi connectivity index (χ0) is 12.5. The van der Waals surface area contributed by atoms with Crippen LogP contribution in [0.4, 0.5) is 5.95 Å². The zero-order valence-corrected chi connectivity index (χ0v) is 11.0. The van der Waals surface area contributed by atoms with Crippen LogP contribution in [0.2, 0.25) is 0 Å². The highest BCUT2D eigenvalue weighted by molar-refractivity contribution is 7.99. The van der Waals surface area contributed by atoms with E-state index in [1.165, 1.54) is 0 Å². The number of thioether (sulfide) groups is 1. The molecule has 0 radical (unpaired) electrons. The Bertz CT molecular complexity index is 390. The summed E-state index contributed by atoms with van der Waals surface area (Å²) in [6.07, 6.45) is 5.16. The molecular formula is C12H17N3OS. The van der Waals surface area contributed by atoms with Crippen molar-refractivity contribution in [1.82, 2.24) is 9.97 Å². The lowest BCUT2D eigenvalue weighted by molar-refractivity contribution is 0.326. The van der Waals surface area contributed by atoms with Crippen LogP contribution in [0, 0.1) is 19.3 Å². The Kier molecular flexibility index (Phi) is 6.26. The number of anilines is 1. The third kappa shape index (κ3) is 5.45. The van der Waals surface area contributed by atoms with Crippen molar-refractivity contribution in [1.29, 1.82) is 0 Å². The lowest BCUT2D eigenvalue weighted by Crippen LogP contribution is -2.09. The molecule has 1 aromatic rings. The molecule has 0 saturated carbocycles. The van der Waals surface area contributed by atoms with Crippen LogP contribution in [-0.2, 0) is 0 Å². The van der Waals surface area contributed by atoms with Gasteiger partial charge in [0.25, 0.3) is 0 Å². The van der Waals surface area contributed by atoms with Gasteiger partial charge < -0.3 is 10.1 Å². The van der Waals surface area contributed by atoms with E-state index >= 15 is 0 Å². The monoisotopic (exact) mass is 251 g/mol. The average Bonchev–Trinajstić information content (AvgIpc) is 2.28. The maximum absolute atomic E-state index is 5.35. The largest absolute Gasteiger partial charge is 0.478 e. The molecule has 1 heterocycles. The molecule has 0 bridgehead atoms. The van der Waals surface area contributed by atoms with Gasteiger partial charge in [0.2, 0.25) is 11.8 Å². The Morgan fingerprint density at radius 1 is 1.53 bits per heavy atom. The van der Waals surface area contributed by atoms with Gasteiger partial charge in [0.05, 0.1) is 12.4 Å². The van der Waals surface area contributed by atoms with Crippen molar-refractivity contribution in [3.05, 3.63) is 11.8 Å². The molecule has 1 aromatic heterocycles. The van der Waals surface area contributed by atoms with Crippen LogP contribution in [0.25, 0.3) is 0 Å². The molecule has 0 amide bonds. The second kappa shape index (κ2) is 7.80. The number of nitrogens with zero attached hydrogens (tertiary/aromatic N) is 2. The Labute approximate surface area is 107 Å². The molecule has 0 spiro atoms. The van der Waals surface area contributed by atoms with Crippen molar-refractivity contribution in [2.45, 2.75) is 13.8 Å². The zero-order valence-electron chi connectivity index (χ0n) is 10.2. The first-order chi connectivity index (χ1) is 8.26. The number of terminal acetylenes is 1. The van der Waals surface area contributed by atoms with Crippen molar-refractivity contribution in [3.8, 4) is 18.2 Å². The highest BCUT2D eigenvalue weighted by atomic mass is 32.2. The molecule has 0 aliphatic carbocycles. The maximum Gasteiger partial charge on any atom is 0.226 e. The van der Waals surface area contributed by atoms with Gasteiger partial charge in [-0.25, -0.2) is 4.98 Å². The summed E-state index contributed by atoms with van der Waals surface area (Å²) in [5.41, 5.74) is 0.891. The molecule has 0 saturated heterocycles. The smallest absolute Gasteiger partial charge is 0.226 e. The first kappa shape index (κ1) is 13.7. The standard InChI is InChI=1S/C12H17N3OS/c1-4-7-17-8-6-13-12-14-10(3)9-11(15-12)16-5-2/h1,9H,5-8H2,2-3H3,(H,13,14,15). The molecular weight excluding hydrogens is 234 g/mol. The fourth-order valence-corrected chi connectivity index (χ4v) is 1.72. The Morgan fingerprint density at radius 2 is 2.35 bits per heavy atom. The molecule has 1 rings (SSSR count). The van der Waals surface area contributed by atoms with Gasteiger partial charge in [-0.3, -0.25) is 0 Å². The summed E-state index contributed by atoms with van der Waals surface area (Å²) in [5.74, 6) is 5.47. The Morgan fingerprint density at radius 3 is 3.06 bits per heavy atom. The Hall–Kier alpha value is -1.41. The number of nitrogens with one attached hydrogen (secondary N) is 1. The van der Waals surface area contributed by atoms with Crippen molar-refractivity contribution in [2.24, 2.45) is 0 Å². The highest BCUT2D eigenvalue weighted by Gasteiger charge is 2.01. The average molecular weight is 251 g/mol. The quantitative estimate of drug-likeness (QED) is 0.593. The van der Waals surface area contributed by atoms with Crippen molar-refractivity contribution < 1.29 is 4.74 Å². The van der Waals surface area contributed by atoms with E-state index in [9.17, 15) is 0 Å². The predicted molar refractivity (Wildman–Crippen MR) is 72.6 cm³/mol. The van der Waals surface area contributed by atoms with Gasteiger partial charge in [-0.2, -0.15) is 4.98 Å². The fourth-order valence-electron chi connectivity index (χ4n) is 1.21. The number of ether oxygens (including phenoxy) is 1. The van der Waals surface area contributed by atoms with E-state index in [1.54, 1.807) is 11.8 Å². The molecule has 1 N–H and O–H groups in total. The topological polar surface area (TPSA) is 47.0 Å². The number of rotatable bonds is 7. The maximum atomic E-state index is 5.35. The fraction of sp³-hybridized carbons (Fsp3) is 0.500. The molecule has 0 aliphatic rings. The van der Waals surface area contributed by atoms with E-state index < -0.39 is 0 Å². The summed E-state index contributed by atoms with van der Waals surface area (Å²) in [7, 11) is 0. The van der Waals surface area contributed by atoms with Gasteiger partial charge in [0.1, 0.15) is 0 Å². The van der Waals surface area contributed by atoms with E-state index in [-0.39, 0.29) is 0 Å². The molecule has 0 aliphatic heterocycles. The summed E-state index contributed by atoms with van der Waals surface area (Å²) in [6, 6.07) is 1.82. The second-order valence-corrected chi connectivity index (χ2v) is 4.39. The van der Waals surface area contributed by atoms with Gasteiger partial charge in [-0.15, -0.1) is 18.2 Å². The summed E-state index contributed by atoms with van der Waals surface area (Å²) >= 11 is 1.71. The minimum Gasteiger partial charge on any atom is -0.478 e. The lowest BCUT2D eigenvalue weighted by atomic mass is 10.4. The van der Waals surface area contributed by atoms with E-state index in [0.717, 1.165) is 23.7 Å². The van der Waals surface area contributed by atoms with E-state index in [4.69, 9.17) is 11.2 Å². The highest BCUT2D eigenvalue weighted by Crippen LogP contribution is 2.11. The number of hydrogen-bond donors (Lipinski definition) is 1. The third-order valence-electron chi connectivity index (χ3n) is 1.84. The van der Waals surface area contributed by atoms with E-state index in [1.807, 2.05) is 19.9 Å². The molecule has 0 unspecified atom stereocenters. The van der Waals surface area contributed by atoms with Crippen molar-refractivity contribution in [2.75, 3.05) is 30.0 Å². The van der Waals surface area contributed by atoms with Gasteiger partial charge in [0.15, 0.2) is 0 Å². The summed E-state index contributed by atoms with van der Waals surface area (Å²) in [4.78, 5) is 8.53. The Balaban J connectivity index is 2.44. The normalized spacial score (nSPS) is 9.71. The number of aryl methyl sites for hydroxylation is 1. The van der Waals surface area contributed by atoms with Crippen LogP contribution in [0.5, 0.6) is 5.88 Å². The second-order valence-electron chi connectivity index (χ2n) is 3.29. The minimum absolute atomic E-state index is 0.605. The minimum atomic E-state index is 0.605. The molecule has 0 atom stereocenters. The predicted octanol–water partition coefficient (Wildman–Crippen LogP) is 1.96. The summed E-state index contributed by atoms with van der Waals surface area (Å²) in [5, 5.41) is 3.15. The molecule has 4 nitrogen and oxygen atoms in total. The third-order valence-corrected chi connectivity index (χ3v) is 2.70.